The standard InChI is InChI=1S/C34H35F3N6O2S/c1-17-15-43-27(18(2)39-17)13-26(41-43)33-31(29-23(36)11-21(35)12-28(29)45-9-8-44-5)30-24(37)16-46-34(30)32(40-33)20-10-22-19(3)42(4)7-6-25(22)38-14-20/h10-14,16-19,39H,6-9,15H2,1-5H3. The second kappa shape index (κ2) is 12.1. The summed E-state index contributed by atoms with van der Waals surface area (Å²) >= 11 is 1.18. The number of ether oxygens (including phenoxy) is 2. The Kier molecular flexibility index (Phi) is 8.08. The van der Waals surface area contributed by atoms with E-state index >= 15 is 8.78 Å². The predicted molar refractivity (Wildman–Crippen MR) is 173 cm³/mol. The van der Waals surface area contributed by atoms with Crippen LogP contribution in [-0.2, 0) is 17.7 Å². The lowest BCUT2D eigenvalue weighted by Crippen LogP contribution is -2.39. The van der Waals surface area contributed by atoms with Crippen molar-refractivity contribution in [2.75, 3.05) is 33.9 Å². The summed E-state index contributed by atoms with van der Waals surface area (Å²) in [6.45, 7) is 8.02. The van der Waals surface area contributed by atoms with Crippen LogP contribution in [0.25, 0.3) is 43.9 Å². The number of nitrogens with zero attached hydrogens (tertiary/aromatic N) is 5. The number of likely N-dealkylation sites (N-methyl/N-ethyl adjacent to an activating group) is 1. The molecule has 3 atom stereocenters. The first-order valence-corrected chi connectivity index (χ1v) is 16.3. The molecule has 0 spiro atoms. The predicted octanol–water partition coefficient (Wildman–Crippen LogP) is 6.93. The molecule has 3 unspecified atom stereocenters. The van der Waals surface area contributed by atoms with Gasteiger partial charge in [0.1, 0.15) is 41.2 Å². The van der Waals surface area contributed by atoms with Crippen molar-refractivity contribution in [3.05, 3.63) is 70.2 Å². The zero-order valence-corrected chi connectivity index (χ0v) is 27.1. The van der Waals surface area contributed by atoms with Gasteiger partial charge in [-0.1, -0.05) is 0 Å². The fourth-order valence-corrected chi connectivity index (χ4v) is 7.57. The van der Waals surface area contributed by atoms with Gasteiger partial charge < -0.3 is 14.8 Å². The summed E-state index contributed by atoms with van der Waals surface area (Å²) < 4.78 is 60.2. The van der Waals surface area contributed by atoms with E-state index in [1.807, 2.05) is 17.7 Å². The van der Waals surface area contributed by atoms with Crippen molar-refractivity contribution in [2.24, 2.45) is 0 Å². The van der Waals surface area contributed by atoms with Crippen LogP contribution in [0.5, 0.6) is 5.75 Å². The molecule has 2 aliphatic heterocycles. The van der Waals surface area contributed by atoms with Gasteiger partial charge in [0.25, 0.3) is 0 Å². The molecule has 1 aromatic carbocycles. The summed E-state index contributed by atoms with van der Waals surface area (Å²) in [5.74, 6) is -2.32. The number of thiophene rings is 1. The second-order valence-electron chi connectivity index (χ2n) is 12.2. The fourth-order valence-electron chi connectivity index (χ4n) is 6.64. The van der Waals surface area contributed by atoms with Gasteiger partial charge in [-0.2, -0.15) is 5.10 Å². The van der Waals surface area contributed by atoms with Crippen LogP contribution >= 0.6 is 11.3 Å². The quantitative estimate of drug-likeness (QED) is 0.192. The average molecular weight is 649 g/mol. The third-order valence-corrected chi connectivity index (χ3v) is 10.0. The highest BCUT2D eigenvalue weighted by Crippen LogP contribution is 2.48. The lowest BCUT2D eigenvalue weighted by molar-refractivity contribution is 0.146. The molecular weight excluding hydrogens is 613 g/mol. The van der Waals surface area contributed by atoms with Crippen LogP contribution in [0, 0.1) is 17.5 Å². The summed E-state index contributed by atoms with van der Waals surface area (Å²) in [6.07, 6.45) is 2.61. The number of methoxy groups -OCH3 is 1. The number of benzene rings is 1. The van der Waals surface area contributed by atoms with E-state index in [1.165, 1.54) is 23.8 Å². The molecule has 0 aliphatic carbocycles. The third-order valence-electron chi connectivity index (χ3n) is 9.05. The number of fused-ring (bicyclic) bond motifs is 3. The highest BCUT2D eigenvalue weighted by atomic mass is 32.1. The smallest absolute Gasteiger partial charge is 0.142 e. The molecule has 0 bridgehead atoms. The minimum absolute atomic E-state index is 0.00615. The Bertz CT molecular complexity index is 1960. The molecule has 5 aromatic rings. The molecule has 46 heavy (non-hydrogen) atoms. The number of halogens is 3. The highest BCUT2D eigenvalue weighted by molar-refractivity contribution is 7.17. The van der Waals surface area contributed by atoms with Gasteiger partial charge in [0, 0.05) is 84.1 Å². The summed E-state index contributed by atoms with van der Waals surface area (Å²) in [5.41, 5.74) is 5.09. The molecule has 4 aromatic heterocycles. The summed E-state index contributed by atoms with van der Waals surface area (Å²) in [7, 11) is 3.59. The number of hydrogen-bond donors (Lipinski definition) is 1. The van der Waals surface area contributed by atoms with Crippen LogP contribution in [0.3, 0.4) is 0 Å². The molecule has 12 heteroatoms. The Morgan fingerprint density at radius 2 is 1.85 bits per heavy atom. The lowest BCUT2D eigenvalue weighted by Gasteiger charge is -2.31. The van der Waals surface area contributed by atoms with E-state index in [-0.39, 0.29) is 59.3 Å². The molecule has 8 nitrogen and oxygen atoms in total. The first kappa shape index (κ1) is 30.8. The third kappa shape index (κ3) is 5.26. The normalized spacial score (nSPS) is 19.8. The number of nitrogens with one attached hydrogen (secondary N) is 1. The Balaban J connectivity index is 1.53. The van der Waals surface area contributed by atoms with E-state index in [4.69, 9.17) is 24.5 Å². The van der Waals surface area contributed by atoms with Crippen molar-refractivity contribution < 1.29 is 22.6 Å². The Labute approximate surface area is 269 Å². The minimum Gasteiger partial charge on any atom is -0.490 e. The number of hydrogen-bond acceptors (Lipinski definition) is 8. The van der Waals surface area contributed by atoms with Gasteiger partial charge >= 0.3 is 0 Å². The Morgan fingerprint density at radius 1 is 1.02 bits per heavy atom. The molecule has 0 radical (unpaired) electrons. The summed E-state index contributed by atoms with van der Waals surface area (Å²) in [4.78, 5) is 12.2. The lowest BCUT2D eigenvalue weighted by atomic mass is 9.93. The average Bonchev–Trinajstić information content (AvgIpc) is 3.62. The van der Waals surface area contributed by atoms with Crippen LogP contribution in [0.4, 0.5) is 13.2 Å². The number of pyridine rings is 2. The SMILES string of the molecule is COCCOc1cc(F)cc(F)c1-c1c(-c2cc3n(n2)CC(C)NC3C)nc(-c2cnc3c(c2)C(C)N(C)CC3)c2scc(F)c12. The van der Waals surface area contributed by atoms with Gasteiger partial charge in [-0.05, 0) is 45.5 Å². The molecule has 0 fully saturated rings. The van der Waals surface area contributed by atoms with Crippen molar-refractivity contribution in [3.63, 3.8) is 0 Å². The van der Waals surface area contributed by atoms with Crippen molar-refractivity contribution in [1.29, 1.82) is 0 Å². The fraction of sp³-hybridized carbons (Fsp3) is 0.382. The van der Waals surface area contributed by atoms with Crippen molar-refractivity contribution in [2.45, 2.75) is 51.9 Å². The molecule has 6 heterocycles. The summed E-state index contributed by atoms with van der Waals surface area (Å²) in [5, 5.41) is 10.0. The highest BCUT2D eigenvalue weighted by Gasteiger charge is 2.31. The molecule has 2 aliphatic rings. The molecule has 0 amide bonds. The van der Waals surface area contributed by atoms with Crippen LogP contribution in [0.15, 0.2) is 35.8 Å². The minimum atomic E-state index is -0.893. The van der Waals surface area contributed by atoms with Crippen LogP contribution in [0.2, 0.25) is 0 Å². The van der Waals surface area contributed by atoms with E-state index in [1.54, 1.807) is 6.20 Å². The topological polar surface area (TPSA) is 77.3 Å². The monoisotopic (exact) mass is 648 g/mol. The van der Waals surface area contributed by atoms with Gasteiger partial charge in [-0.15, -0.1) is 11.3 Å². The van der Waals surface area contributed by atoms with Crippen LogP contribution in [0.1, 0.15) is 49.8 Å². The molecule has 7 rings (SSSR count). The maximum absolute atomic E-state index is 16.1. The van der Waals surface area contributed by atoms with Gasteiger partial charge in [0.15, 0.2) is 0 Å². The van der Waals surface area contributed by atoms with Gasteiger partial charge in [-0.25, -0.2) is 18.2 Å². The summed E-state index contributed by atoms with van der Waals surface area (Å²) in [6, 6.07) is 6.18. The van der Waals surface area contributed by atoms with Crippen LogP contribution < -0.4 is 10.1 Å². The Hall–Kier alpha value is -3.84. The number of rotatable bonds is 7. The molecule has 240 valence electrons. The van der Waals surface area contributed by atoms with Crippen molar-refractivity contribution in [1.82, 2.24) is 30.0 Å². The molecule has 1 N–H and O–H groups in total. The molecule has 0 saturated carbocycles. The van der Waals surface area contributed by atoms with Gasteiger partial charge in [0.05, 0.1) is 34.8 Å². The molecular formula is C34H35F3N6O2S. The van der Waals surface area contributed by atoms with E-state index < -0.39 is 17.5 Å². The van der Waals surface area contributed by atoms with E-state index in [2.05, 4.69) is 37.2 Å². The maximum Gasteiger partial charge on any atom is 0.142 e. The van der Waals surface area contributed by atoms with Gasteiger partial charge in [-0.3, -0.25) is 14.6 Å². The van der Waals surface area contributed by atoms with Crippen molar-refractivity contribution >= 4 is 21.4 Å². The van der Waals surface area contributed by atoms with Crippen molar-refractivity contribution in [3.8, 4) is 39.5 Å². The van der Waals surface area contributed by atoms with Gasteiger partial charge in [0.2, 0.25) is 0 Å². The first-order valence-electron chi connectivity index (χ1n) is 15.4. The molecule has 0 saturated heterocycles. The maximum atomic E-state index is 16.1. The van der Waals surface area contributed by atoms with Crippen LogP contribution in [-0.4, -0.2) is 64.6 Å². The Morgan fingerprint density at radius 3 is 2.65 bits per heavy atom. The second-order valence-corrected chi connectivity index (χ2v) is 13.0. The van der Waals surface area contributed by atoms with E-state index in [0.29, 0.717) is 22.6 Å². The zero-order chi connectivity index (χ0) is 32.3. The largest absolute Gasteiger partial charge is 0.490 e. The van der Waals surface area contributed by atoms with E-state index in [0.717, 1.165) is 47.6 Å². The number of aromatic nitrogens is 4. The first-order chi connectivity index (χ1) is 22.1. The van der Waals surface area contributed by atoms with E-state index in [9.17, 15) is 4.39 Å². The zero-order valence-electron chi connectivity index (χ0n) is 26.3.